The van der Waals surface area contributed by atoms with Gasteiger partial charge in [-0.25, -0.2) is 0 Å². The number of halogens is 1. The van der Waals surface area contributed by atoms with Gasteiger partial charge in [0, 0.05) is 36.7 Å². The molecule has 1 aliphatic heterocycles. The van der Waals surface area contributed by atoms with Crippen molar-refractivity contribution in [3.63, 3.8) is 0 Å². The molecular weight excluding hydrogens is 244 g/mol. The largest absolute Gasteiger partial charge is 0.314 e. The fourth-order valence-electron chi connectivity index (χ4n) is 1.96. The van der Waals surface area contributed by atoms with Crippen molar-refractivity contribution in [3.8, 4) is 0 Å². The van der Waals surface area contributed by atoms with Crippen LogP contribution in [0.15, 0.2) is 0 Å². The number of hydrogen-bond acceptors (Lipinski definition) is 5. The normalized spacial score (nSPS) is 21.2. The van der Waals surface area contributed by atoms with Gasteiger partial charge in [-0.15, -0.1) is 5.10 Å². The molecule has 0 aromatic carbocycles. The van der Waals surface area contributed by atoms with Crippen molar-refractivity contribution in [2.45, 2.75) is 31.8 Å². The zero-order valence-corrected chi connectivity index (χ0v) is 11.2. The fourth-order valence-corrected chi connectivity index (χ4v) is 2.57. The van der Waals surface area contributed by atoms with Crippen LogP contribution in [0.25, 0.3) is 0 Å². The highest BCUT2D eigenvalue weighted by molar-refractivity contribution is 7.10. The van der Waals surface area contributed by atoms with Crippen molar-refractivity contribution in [3.05, 3.63) is 10.0 Å². The maximum Gasteiger partial charge on any atom is 0.138 e. The molecule has 0 radical (unpaired) electrons. The molecule has 4 nitrogen and oxygen atoms in total. The van der Waals surface area contributed by atoms with Gasteiger partial charge in [0.15, 0.2) is 0 Å². The molecule has 90 valence electrons. The smallest absolute Gasteiger partial charge is 0.138 e. The monoisotopic (exact) mass is 260 g/mol. The molecular formula is C10H17ClN4S. The van der Waals surface area contributed by atoms with Crippen LogP contribution in [0, 0.1) is 0 Å². The first-order valence-corrected chi connectivity index (χ1v) is 6.66. The minimum Gasteiger partial charge on any atom is -0.314 e. The molecule has 0 spiro atoms. The molecule has 1 fully saturated rings. The summed E-state index contributed by atoms with van der Waals surface area (Å²) in [5, 5.41) is 7.44. The first-order chi connectivity index (χ1) is 7.63. The summed E-state index contributed by atoms with van der Waals surface area (Å²) in [5.74, 6) is 0. The van der Waals surface area contributed by atoms with E-state index in [2.05, 4.69) is 26.7 Å². The molecule has 6 heteroatoms. The molecule has 2 heterocycles. The Bertz CT molecular complexity index is 346. The van der Waals surface area contributed by atoms with Gasteiger partial charge in [-0.3, -0.25) is 4.90 Å². The summed E-state index contributed by atoms with van der Waals surface area (Å²) in [4.78, 5) is 2.39. The first-order valence-electron chi connectivity index (χ1n) is 5.51. The molecule has 1 aliphatic rings. The number of aromatic nitrogens is 2. The number of likely N-dealkylation sites (tertiary alicyclic amines) is 1. The lowest BCUT2D eigenvalue weighted by Crippen LogP contribution is -2.49. The van der Waals surface area contributed by atoms with Gasteiger partial charge in [0.25, 0.3) is 0 Å². The van der Waals surface area contributed by atoms with Crippen molar-refractivity contribution in [1.82, 2.24) is 19.8 Å². The highest BCUT2D eigenvalue weighted by Crippen LogP contribution is 2.24. The number of rotatable bonds is 3. The second-order valence-corrected chi connectivity index (χ2v) is 5.94. The highest BCUT2D eigenvalue weighted by atomic mass is 35.5. The molecule has 1 N–H and O–H groups in total. The third-order valence-electron chi connectivity index (χ3n) is 3.45. The van der Waals surface area contributed by atoms with Crippen LogP contribution in [-0.4, -0.2) is 40.2 Å². The Balaban J connectivity index is 1.88. The van der Waals surface area contributed by atoms with E-state index in [1.54, 1.807) is 0 Å². The van der Waals surface area contributed by atoms with Crippen molar-refractivity contribution in [1.29, 1.82) is 0 Å². The van der Waals surface area contributed by atoms with E-state index in [0.717, 1.165) is 29.7 Å². The van der Waals surface area contributed by atoms with Gasteiger partial charge in [0.05, 0.1) is 0 Å². The average Bonchev–Trinajstić information content (AvgIpc) is 2.68. The third kappa shape index (κ3) is 2.71. The Kier molecular flexibility index (Phi) is 3.79. The highest BCUT2D eigenvalue weighted by Gasteiger charge is 2.28. The van der Waals surface area contributed by atoms with E-state index >= 15 is 0 Å². The molecule has 16 heavy (non-hydrogen) atoms. The zero-order valence-electron chi connectivity index (χ0n) is 9.66. The minimum atomic E-state index is 0.292. The Morgan fingerprint density at radius 2 is 2.19 bits per heavy atom. The minimum absolute atomic E-state index is 0.292. The average molecular weight is 261 g/mol. The van der Waals surface area contributed by atoms with E-state index < -0.39 is 0 Å². The number of hydrogen-bond donors (Lipinski definition) is 1. The SMILES string of the molecule is CNC1(C)CCN(Cc2nnsc2Cl)CC1. The molecule has 0 atom stereocenters. The van der Waals surface area contributed by atoms with Crippen molar-refractivity contribution >= 4 is 23.1 Å². The molecule has 0 amide bonds. The molecule has 0 bridgehead atoms. The summed E-state index contributed by atoms with van der Waals surface area (Å²) in [6, 6.07) is 0. The van der Waals surface area contributed by atoms with E-state index in [9.17, 15) is 0 Å². The Labute approximate surface area is 105 Å². The lowest BCUT2D eigenvalue weighted by molar-refractivity contribution is 0.145. The van der Waals surface area contributed by atoms with E-state index in [4.69, 9.17) is 11.6 Å². The lowest BCUT2D eigenvalue weighted by Gasteiger charge is -2.39. The van der Waals surface area contributed by atoms with Crippen LogP contribution in [-0.2, 0) is 6.54 Å². The quantitative estimate of drug-likeness (QED) is 0.899. The Morgan fingerprint density at radius 1 is 1.50 bits per heavy atom. The van der Waals surface area contributed by atoms with Crippen LogP contribution in [0.5, 0.6) is 0 Å². The number of nitrogens with zero attached hydrogens (tertiary/aromatic N) is 3. The summed E-state index contributed by atoms with van der Waals surface area (Å²) in [6.07, 6.45) is 2.33. The predicted octanol–water partition coefficient (Wildman–Crippen LogP) is 1.77. The third-order valence-corrected chi connectivity index (χ3v) is 4.43. The number of piperidine rings is 1. The van der Waals surface area contributed by atoms with Crippen LogP contribution in [0.4, 0.5) is 0 Å². The summed E-state index contributed by atoms with van der Waals surface area (Å²) < 4.78 is 4.58. The second kappa shape index (κ2) is 4.96. The molecule has 0 aliphatic carbocycles. The topological polar surface area (TPSA) is 41.0 Å². The second-order valence-electron chi connectivity index (χ2n) is 4.58. The summed E-state index contributed by atoms with van der Waals surface area (Å²) in [5.41, 5.74) is 1.21. The molecule has 0 saturated carbocycles. The number of nitrogens with one attached hydrogen (secondary N) is 1. The van der Waals surface area contributed by atoms with Gasteiger partial charge >= 0.3 is 0 Å². The van der Waals surface area contributed by atoms with Crippen LogP contribution >= 0.6 is 23.1 Å². The summed E-state index contributed by atoms with van der Waals surface area (Å²) >= 11 is 7.26. The zero-order chi connectivity index (χ0) is 11.6. The molecule has 1 aromatic heterocycles. The van der Waals surface area contributed by atoms with E-state index in [1.165, 1.54) is 24.4 Å². The van der Waals surface area contributed by atoms with E-state index in [-0.39, 0.29) is 0 Å². The first kappa shape index (κ1) is 12.2. The summed E-state index contributed by atoms with van der Waals surface area (Å²) in [6.45, 7) is 5.28. The van der Waals surface area contributed by atoms with Gasteiger partial charge in [0.2, 0.25) is 0 Å². The Hall–Kier alpha value is -0.230. The van der Waals surface area contributed by atoms with Crippen molar-refractivity contribution in [2.75, 3.05) is 20.1 Å². The van der Waals surface area contributed by atoms with Crippen LogP contribution < -0.4 is 5.32 Å². The van der Waals surface area contributed by atoms with E-state index in [0.29, 0.717) is 5.54 Å². The van der Waals surface area contributed by atoms with Gasteiger partial charge < -0.3 is 5.32 Å². The lowest BCUT2D eigenvalue weighted by atomic mass is 9.90. The van der Waals surface area contributed by atoms with Gasteiger partial charge in [0.1, 0.15) is 10.0 Å². The van der Waals surface area contributed by atoms with Crippen LogP contribution in [0.3, 0.4) is 0 Å². The summed E-state index contributed by atoms with van der Waals surface area (Å²) in [7, 11) is 2.04. The van der Waals surface area contributed by atoms with Gasteiger partial charge in [-0.05, 0) is 26.8 Å². The van der Waals surface area contributed by atoms with Gasteiger partial charge in [-0.2, -0.15) is 0 Å². The Morgan fingerprint density at radius 3 is 2.69 bits per heavy atom. The van der Waals surface area contributed by atoms with Crippen LogP contribution in [0.2, 0.25) is 4.34 Å². The molecule has 1 aromatic rings. The van der Waals surface area contributed by atoms with Crippen LogP contribution in [0.1, 0.15) is 25.5 Å². The molecule has 1 saturated heterocycles. The maximum absolute atomic E-state index is 6.00. The fraction of sp³-hybridized carbons (Fsp3) is 0.800. The maximum atomic E-state index is 6.00. The van der Waals surface area contributed by atoms with E-state index in [1.807, 2.05) is 7.05 Å². The molecule has 2 rings (SSSR count). The van der Waals surface area contributed by atoms with Gasteiger partial charge in [-0.1, -0.05) is 16.1 Å². The van der Waals surface area contributed by atoms with Crippen molar-refractivity contribution in [2.24, 2.45) is 0 Å². The van der Waals surface area contributed by atoms with Crippen molar-refractivity contribution < 1.29 is 0 Å². The molecule has 0 unspecified atom stereocenters. The predicted molar refractivity (Wildman–Crippen MR) is 66.9 cm³/mol. The standard InChI is InChI=1S/C10H17ClN4S/c1-10(12-2)3-5-15(6-4-10)7-8-9(11)16-14-13-8/h12H,3-7H2,1-2H3.